The number of esters is 1. The summed E-state index contributed by atoms with van der Waals surface area (Å²) in [5.74, 6) is -0.808. The van der Waals surface area contributed by atoms with Crippen LogP contribution in [0.3, 0.4) is 0 Å². The average molecular weight is 823 g/mol. The van der Waals surface area contributed by atoms with Crippen LogP contribution in [-0.4, -0.2) is 106 Å². The number of nitrogens with one attached hydrogen (secondary N) is 2. The van der Waals surface area contributed by atoms with Crippen molar-refractivity contribution in [2.45, 2.75) is 121 Å². The molecule has 17 heteroatoms. The number of aryl methyl sites for hydroxylation is 1. The second-order valence-corrected chi connectivity index (χ2v) is 16.1. The van der Waals surface area contributed by atoms with Crippen LogP contribution in [0.2, 0.25) is 0 Å². The molecule has 1 aromatic heterocycles. The number of sulfonamides is 1. The Hall–Kier alpha value is -4.19. The second kappa shape index (κ2) is 28.2. The number of anilines is 1. The van der Waals surface area contributed by atoms with Crippen LogP contribution < -0.4 is 10.0 Å². The predicted octanol–water partition coefficient (Wildman–Crippen LogP) is 6.28. The highest BCUT2D eigenvalue weighted by Crippen LogP contribution is 2.18. The van der Waals surface area contributed by atoms with Gasteiger partial charge in [0.1, 0.15) is 12.2 Å². The number of unbranched alkanes of at least 4 members (excludes halogenated alkanes) is 8. The molecule has 2 rings (SSSR count). The average Bonchev–Trinajstić information content (AvgIpc) is 3.15. The number of aromatic nitrogens is 2. The monoisotopic (exact) mass is 822 g/mol. The number of hydrogen-bond acceptors (Lipinski definition) is 13. The molecular formula is C40H62N4O12S. The van der Waals surface area contributed by atoms with Crippen LogP contribution in [-0.2, 0) is 49.7 Å². The van der Waals surface area contributed by atoms with Crippen LogP contribution in [0.4, 0.5) is 10.7 Å². The minimum absolute atomic E-state index is 0.0457. The standard InChI is InChI=1S/C40H62N4O12S/c1-40(2,3)56-36(46)20-12-10-8-6-4-5-7-9-11-16-32-17-13-19-35(28-32)57(50,51)44-38-42-29-33(30-43-38)37(47)41-21-25-53-26-27-54-31-34(45)18-14-22-52-23-15-24-55-39(48)49/h13,17,19,28-30H,4-12,14-16,18,20-27,31H2,1-3H3,(H,41,47)(H,48,49)(H,42,43,44). The van der Waals surface area contributed by atoms with Crippen LogP contribution in [0.15, 0.2) is 41.6 Å². The molecule has 16 nitrogen and oxygen atoms in total. The fourth-order valence-electron chi connectivity index (χ4n) is 5.38. The van der Waals surface area contributed by atoms with Crippen molar-refractivity contribution >= 4 is 39.8 Å². The lowest BCUT2D eigenvalue weighted by Gasteiger charge is -2.19. The SMILES string of the molecule is CC(C)(C)OC(=O)CCCCCCCCCCCc1cccc(S(=O)(=O)Nc2ncc(C(=O)NCCOCCOCC(=O)CCCOCCCOC(=O)O)cn2)c1. The van der Waals surface area contributed by atoms with Crippen molar-refractivity contribution < 1.29 is 56.4 Å². The van der Waals surface area contributed by atoms with Gasteiger partial charge in [0.25, 0.3) is 15.9 Å². The number of nitrogens with zero attached hydrogens (tertiary/aromatic N) is 2. The molecule has 320 valence electrons. The number of hydrogen-bond donors (Lipinski definition) is 3. The minimum Gasteiger partial charge on any atom is -0.460 e. The molecule has 1 aromatic carbocycles. The summed E-state index contributed by atoms with van der Waals surface area (Å²) in [5, 5.41) is 11.0. The Kier molecular flexibility index (Phi) is 24.3. The van der Waals surface area contributed by atoms with Crippen molar-refractivity contribution in [3.05, 3.63) is 47.8 Å². The maximum atomic E-state index is 13.1. The third kappa shape index (κ3) is 24.9. The van der Waals surface area contributed by atoms with Crippen LogP contribution in [0, 0.1) is 0 Å². The fraction of sp³-hybridized carbons (Fsp3) is 0.650. The molecule has 0 aliphatic carbocycles. The molecule has 3 N–H and O–H groups in total. The first-order chi connectivity index (χ1) is 27.2. The Morgan fingerprint density at radius 1 is 0.737 bits per heavy atom. The van der Waals surface area contributed by atoms with Gasteiger partial charge in [-0.2, -0.15) is 0 Å². The highest BCUT2D eigenvalue weighted by molar-refractivity contribution is 7.92. The summed E-state index contributed by atoms with van der Waals surface area (Å²) in [6.07, 6.45) is 13.3. The maximum Gasteiger partial charge on any atom is 0.505 e. The van der Waals surface area contributed by atoms with E-state index in [0.717, 1.165) is 69.8 Å². The molecule has 0 bridgehead atoms. The fourth-order valence-corrected chi connectivity index (χ4v) is 6.41. The van der Waals surface area contributed by atoms with E-state index in [1.165, 1.54) is 18.5 Å². The summed E-state index contributed by atoms with van der Waals surface area (Å²) < 4.78 is 54.2. The molecule has 0 aliphatic rings. The van der Waals surface area contributed by atoms with E-state index in [2.05, 4.69) is 24.7 Å². The molecule has 0 saturated carbocycles. The van der Waals surface area contributed by atoms with Gasteiger partial charge >= 0.3 is 12.1 Å². The molecule has 1 amide bonds. The van der Waals surface area contributed by atoms with Crippen molar-refractivity contribution in [2.75, 3.05) is 57.5 Å². The Morgan fingerprint density at radius 3 is 2.05 bits per heavy atom. The number of ether oxygens (including phenoxy) is 5. The maximum absolute atomic E-state index is 13.1. The van der Waals surface area contributed by atoms with Gasteiger partial charge in [-0.15, -0.1) is 0 Å². The molecule has 0 saturated heterocycles. The van der Waals surface area contributed by atoms with Crippen LogP contribution in [0.1, 0.15) is 120 Å². The summed E-state index contributed by atoms with van der Waals surface area (Å²) in [6.45, 7) is 7.23. The number of rotatable bonds is 32. The van der Waals surface area contributed by atoms with Crippen LogP contribution >= 0.6 is 0 Å². The number of Topliss-reactive ketones (excluding diaryl/α,β-unsaturated/α-hetero) is 1. The van der Waals surface area contributed by atoms with Crippen molar-refractivity contribution in [3.8, 4) is 0 Å². The molecule has 0 atom stereocenters. The lowest BCUT2D eigenvalue weighted by Crippen LogP contribution is -2.28. The van der Waals surface area contributed by atoms with E-state index < -0.39 is 27.7 Å². The topological polar surface area (TPSA) is 219 Å². The number of ketones is 1. The van der Waals surface area contributed by atoms with Gasteiger partial charge in [-0.3, -0.25) is 14.4 Å². The first kappa shape index (κ1) is 49.0. The van der Waals surface area contributed by atoms with Crippen LogP contribution in [0.5, 0.6) is 0 Å². The minimum atomic E-state index is -3.95. The zero-order valence-electron chi connectivity index (χ0n) is 33.8. The molecule has 0 radical (unpaired) electrons. The van der Waals surface area contributed by atoms with Gasteiger partial charge in [0, 0.05) is 51.4 Å². The van der Waals surface area contributed by atoms with Gasteiger partial charge in [-0.05, 0) is 64.2 Å². The van der Waals surface area contributed by atoms with E-state index >= 15 is 0 Å². The molecule has 1 heterocycles. The highest BCUT2D eigenvalue weighted by Gasteiger charge is 2.18. The van der Waals surface area contributed by atoms with Gasteiger partial charge in [-0.25, -0.2) is 27.9 Å². The number of carbonyl (C=O) groups excluding carboxylic acids is 3. The van der Waals surface area contributed by atoms with Crippen molar-refractivity contribution in [2.24, 2.45) is 0 Å². The largest absolute Gasteiger partial charge is 0.505 e. The Morgan fingerprint density at radius 2 is 1.37 bits per heavy atom. The van der Waals surface area contributed by atoms with Crippen molar-refractivity contribution in [1.82, 2.24) is 15.3 Å². The third-order valence-electron chi connectivity index (χ3n) is 8.18. The van der Waals surface area contributed by atoms with Gasteiger partial charge in [0.05, 0.1) is 36.9 Å². The van der Waals surface area contributed by atoms with E-state index in [4.69, 9.17) is 24.1 Å². The zero-order chi connectivity index (χ0) is 41.8. The van der Waals surface area contributed by atoms with Crippen molar-refractivity contribution in [1.29, 1.82) is 0 Å². The van der Waals surface area contributed by atoms with E-state index in [1.54, 1.807) is 12.1 Å². The number of benzene rings is 1. The van der Waals surface area contributed by atoms with E-state index in [-0.39, 0.29) is 67.7 Å². The van der Waals surface area contributed by atoms with Gasteiger partial charge in [-0.1, -0.05) is 57.1 Å². The predicted molar refractivity (Wildman–Crippen MR) is 213 cm³/mol. The number of amides is 1. The summed E-state index contributed by atoms with van der Waals surface area (Å²) in [6, 6.07) is 6.80. The molecule has 0 fully saturated rings. The molecular weight excluding hydrogens is 761 g/mol. The molecule has 57 heavy (non-hydrogen) atoms. The summed E-state index contributed by atoms with van der Waals surface area (Å²) in [4.78, 5) is 54.5. The highest BCUT2D eigenvalue weighted by atomic mass is 32.2. The molecule has 0 spiro atoms. The first-order valence-electron chi connectivity index (χ1n) is 19.8. The van der Waals surface area contributed by atoms with Crippen LogP contribution in [0.25, 0.3) is 0 Å². The Balaban J connectivity index is 1.54. The quantitative estimate of drug-likeness (QED) is 0.0547. The Labute approximate surface area is 337 Å². The van der Waals surface area contributed by atoms with Crippen molar-refractivity contribution in [3.63, 3.8) is 0 Å². The number of carboxylic acid groups (broad SMARTS) is 1. The van der Waals surface area contributed by atoms with E-state index in [1.807, 2.05) is 26.8 Å². The zero-order valence-corrected chi connectivity index (χ0v) is 34.6. The summed E-state index contributed by atoms with van der Waals surface area (Å²) >= 11 is 0. The van der Waals surface area contributed by atoms with Gasteiger partial charge in [0.2, 0.25) is 5.95 Å². The second-order valence-electron chi connectivity index (χ2n) is 14.5. The molecule has 2 aromatic rings. The molecule has 0 aliphatic heterocycles. The smallest absolute Gasteiger partial charge is 0.460 e. The van der Waals surface area contributed by atoms with Gasteiger partial charge in [0.15, 0.2) is 5.78 Å². The summed E-state index contributed by atoms with van der Waals surface area (Å²) in [7, 11) is -3.95. The number of carbonyl (C=O) groups is 4. The molecule has 0 unspecified atom stereocenters. The lowest BCUT2D eigenvalue weighted by atomic mass is 10.0. The normalized spacial score (nSPS) is 11.6. The third-order valence-corrected chi connectivity index (χ3v) is 9.51. The van der Waals surface area contributed by atoms with E-state index in [9.17, 15) is 27.6 Å². The van der Waals surface area contributed by atoms with E-state index in [0.29, 0.717) is 38.9 Å². The summed E-state index contributed by atoms with van der Waals surface area (Å²) in [5.41, 5.74) is 0.646. The first-order valence-corrected chi connectivity index (χ1v) is 21.3. The van der Waals surface area contributed by atoms with Gasteiger partial charge < -0.3 is 34.1 Å². The Bertz CT molecular complexity index is 1580. The lowest BCUT2D eigenvalue weighted by molar-refractivity contribution is -0.154.